The number of thioether (sulfide) groups is 1. The van der Waals surface area contributed by atoms with Gasteiger partial charge in [0.1, 0.15) is 0 Å². The Bertz CT molecular complexity index is 209. The van der Waals surface area contributed by atoms with Gasteiger partial charge in [-0.25, -0.2) is 0 Å². The lowest BCUT2D eigenvalue weighted by molar-refractivity contribution is 0.615. The van der Waals surface area contributed by atoms with Crippen LogP contribution in [-0.4, -0.2) is 6.26 Å². The van der Waals surface area contributed by atoms with Crippen molar-refractivity contribution in [1.29, 1.82) is 0 Å². The third-order valence-corrected chi connectivity index (χ3v) is 2.83. The molecule has 0 unspecified atom stereocenters. The van der Waals surface area contributed by atoms with Crippen molar-refractivity contribution in [2.45, 2.75) is 20.8 Å². The molecule has 0 saturated heterocycles. The summed E-state index contributed by atoms with van der Waals surface area (Å²) >= 11 is 1.76. The molecule has 0 heterocycles. The molecule has 0 atom stereocenters. The van der Waals surface area contributed by atoms with Crippen molar-refractivity contribution >= 4 is 11.8 Å². The first kappa shape index (κ1) is 11.6. The summed E-state index contributed by atoms with van der Waals surface area (Å²) in [4.78, 5) is 1.31. The fourth-order valence-corrected chi connectivity index (χ4v) is 1.76. The third kappa shape index (κ3) is 3.31. The Balaban J connectivity index is 4.78. The predicted molar refractivity (Wildman–Crippen MR) is 60.4 cm³/mol. The van der Waals surface area contributed by atoms with Gasteiger partial charge in [-0.1, -0.05) is 32.1 Å². The van der Waals surface area contributed by atoms with Crippen LogP contribution in [0.25, 0.3) is 0 Å². The molecule has 0 radical (unpaired) electrons. The van der Waals surface area contributed by atoms with E-state index in [0.29, 0.717) is 0 Å². The maximum atomic E-state index is 3.87. The summed E-state index contributed by atoms with van der Waals surface area (Å²) in [5.74, 6) is 0. The normalized spacial score (nSPS) is 12.8. The van der Waals surface area contributed by atoms with Crippen LogP contribution in [0, 0.1) is 5.41 Å². The van der Waals surface area contributed by atoms with Crippen molar-refractivity contribution in [1.82, 2.24) is 0 Å². The topological polar surface area (TPSA) is 0 Å². The molecule has 0 amide bonds. The van der Waals surface area contributed by atoms with Gasteiger partial charge in [0.25, 0.3) is 0 Å². The van der Waals surface area contributed by atoms with Crippen molar-refractivity contribution in [2.75, 3.05) is 6.26 Å². The largest absolute Gasteiger partial charge is 0.133 e. The van der Waals surface area contributed by atoms with Gasteiger partial charge in [-0.3, -0.25) is 0 Å². The summed E-state index contributed by atoms with van der Waals surface area (Å²) in [5, 5.41) is 0. The molecule has 0 fully saturated rings. The highest BCUT2D eigenvalue weighted by Crippen LogP contribution is 2.35. The van der Waals surface area contributed by atoms with Gasteiger partial charge in [0.15, 0.2) is 0 Å². The van der Waals surface area contributed by atoms with Crippen LogP contribution in [0.3, 0.4) is 0 Å². The van der Waals surface area contributed by atoms with Crippen LogP contribution in [-0.2, 0) is 0 Å². The van der Waals surface area contributed by atoms with Gasteiger partial charge in [-0.05, 0) is 24.2 Å². The predicted octanol–water partition coefficient (Wildman–Crippen LogP) is 4.02. The van der Waals surface area contributed by atoms with E-state index in [-0.39, 0.29) is 5.41 Å². The molecule has 0 aliphatic carbocycles. The summed E-state index contributed by atoms with van der Waals surface area (Å²) in [6.07, 6.45) is 6.17. The summed E-state index contributed by atoms with van der Waals surface area (Å²) in [6.45, 7) is 14.0. The number of hydrogen-bond donors (Lipinski definition) is 0. The average molecular weight is 182 g/mol. The molecule has 0 nitrogen and oxygen atoms in total. The number of hydrogen-bond acceptors (Lipinski definition) is 1. The van der Waals surface area contributed by atoms with Crippen LogP contribution in [0.15, 0.2) is 35.8 Å². The van der Waals surface area contributed by atoms with Crippen LogP contribution in [0.2, 0.25) is 0 Å². The Morgan fingerprint density at radius 2 is 1.92 bits per heavy atom. The Hall–Kier alpha value is -0.430. The molecule has 0 aromatic carbocycles. The average Bonchev–Trinajstić information content (AvgIpc) is 1.99. The van der Waals surface area contributed by atoms with Gasteiger partial charge in [-0.15, -0.1) is 18.3 Å². The zero-order valence-electron chi connectivity index (χ0n) is 8.48. The van der Waals surface area contributed by atoms with Crippen molar-refractivity contribution in [3.63, 3.8) is 0 Å². The maximum absolute atomic E-state index is 3.87. The van der Waals surface area contributed by atoms with Gasteiger partial charge in [0.05, 0.1) is 0 Å². The second kappa shape index (κ2) is 4.56. The SMILES string of the molecule is C=CC(C)(C)C(=CC(=C)C)SC. The van der Waals surface area contributed by atoms with E-state index in [2.05, 4.69) is 39.3 Å². The second-order valence-electron chi connectivity index (χ2n) is 3.48. The molecular weight excluding hydrogens is 164 g/mol. The van der Waals surface area contributed by atoms with Gasteiger partial charge < -0.3 is 0 Å². The van der Waals surface area contributed by atoms with Crippen molar-refractivity contribution in [2.24, 2.45) is 5.41 Å². The van der Waals surface area contributed by atoms with Gasteiger partial charge >= 0.3 is 0 Å². The van der Waals surface area contributed by atoms with E-state index in [1.54, 1.807) is 11.8 Å². The van der Waals surface area contributed by atoms with Crippen LogP contribution in [0.1, 0.15) is 20.8 Å². The highest BCUT2D eigenvalue weighted by atomic mass is 32.2. The Morgan fingerprint density at radius 1 is 1.42 bits per heavy atom. The van der Waals surface area contributed by atoms with E-state index < -0.39 is 0 Å². The molecule has 68 valence electrons. The molecule has 0 bridgehead atoms. The minimum absolute atomic E-state index is 0.0678. The fourth-order valence-electron chi connectivity index (χ4n) is 0.832. The molecule has 0 rings (SSSR count). The van der Waals surface area contributed by atoms with Gasteiger partial charge in [-0.2, -0.15) is 0 Å². The summed E-state index contributed by atoms with van der Waals surface area (Å²) in [6, 6.07) is 0. The van der Waals surface area contributed by atoms with Crippen molar-refractivity contribution in [3.8, 4) is 0 Å². The highest BCUT2D eigenvalue weighted by Gasteiger charge is 2.17. The molecule has 0 N–H and O–H groups in total. The minimum Gasteiger partial charge on any atom is -0.133 e. The van der Waals surface area contributed by atoms with Crippen molar-refractivity contribution in [3.05, 3.63) is 35.8 Å². The molecule has 0 aromatic heterocycles. The number of allylic oxidation sites excluding steroid dienone is 4. The van der Waals surface area contributed by atoms with E-state index in [0.717, 1.165) is 5.57 Å². The molecular formula is C11H18S. The summed E-state index contributed by atoms with van der Waals surface area (Å²) in [5.41, 5.74) is 1.16. The molecule has 0 saturated carbocycles. The Labute approximate surface area is 80.4 Å². The van der Waals surface area contributed by atoms with E-state index in [4.69, 9.17) is 0 Å². The first-order valence-electron chi connectivity index (χ1n) is 3.99. The lowest BCUT2D eigenvalue weighted by atomic mass is 9.92. The zero-order valence-corrected chi connectivity index (χ0v) is 9.29. The van der Waals surface area contributed by atoms with Gasteiger partial charge in [0, 0.05) is 5.41 Å². The monoisotopic (exact) mass is 182 g/mol. The summed E-state index contributed by atoms with van der Waals surface area (Å²) in [7, 11) is 0. The van der Waals surface area contributed by atoms with E-state index in [9.17, 15) is 0 Å². The van der Waals surface area contributed by atoms with Crippen molar-refractivity contribution < 1.29 is 0 Å². The molecule has 0 aliphatic rings. The lowest BCUT2D eigenvalue weighted by Gasteiger charge is -2.22. The number of rotatable bonds is 4. The minimum atomic E-state index is 0.0678. The molecule has 0 aromatic rings. The fraction of sp³-hybridized carbons (Fsp3) is 0.455. The first-order valence-corrected chi connectivity index (χ1v) is 5.21. The third-order valence-electron chi connectivity index (χ3n) is 1.74. The zero-order chi connectivity index (χ0) is 9.78. The molecule has 12 heavy (non-hydrogen) atoms. The maximum Gasteiger partial charge on any atom is 0.0132 e. The van der Waals surface area contributed by atoms with E-state index in [1.807, 2.05) is 13.0 Å². The summed E-state index contributed by atoms with van der Waals surface area (Å²) < 4.78 is 0. The molecule has 1 heteroatoms. The van der Waals surface area contributed by atoms with Gasteiger partial charge in [0.2, 0.25) is 0 Å². The van der Waals surface area contributed by atoms with E-state index in [1.165, 1.54) is 4.91 Å². The molecule has 0 aliphatic heterocycles. The lowest BCUT2D eigenvalue weighted by Crippen LogP contribution is -2.08. The smallest absolute Gasteiger partial charge is 0.0132 e. The quantitative estimate of drug-likeness (QED) is 0.467. The van der Waals surface area contributed by atoms with Crippen LogP contribution in [0.5, 0.6) is 0 Å². The van der Waals surface area contributed by atoms with Crippen LogP contribution < -0.4 is 0 Å². The van der Waals surface area contributed by atoms with Crippen LogP contribution >= 0.6 is 11.8 Å². The Morgan fingerprint density at radius 3 is 2.17 bits per heavy atom. The standard InChI is InChI=1S/C11H18S/c1-7-11(4,5)10(12-6)8-9(2)3/h7-8H,1-2H2,3-6H3. The Kier molecular flexibility index (Phi) is 4.40. The highest BCUT2D eigenvalue weighted by molar-refractivity contribution is 8.02. The first-order chi connectivity index (χ1) is 5.44. The van der Waals surface area contributed by atoms with E-state index >= 15 is 0 Å². The van der Waals surface area contributed by atoms with Crippen LogP contribution in [0.4, 0.5) is 0 Å². The second-order valence-corrected chi connectivity index (χ2v) is 4.33. The molecule has 0 spiro atoms.